The summed E-state index contributed by atoms with van der Waals surface area (Å²) in [6, 6.07) is 7.24. The van der Waals surface area contributed by atoms with Crippen LogP contribution >= 0.6 is 11.8 Å². The van der Waals surface area contributed by atoms with Crippen molar-refractivity contribution in [2.24, 2.45) is 5.10 Å². The molecule has 0 bridgehead atoms. The zero-order chi connectivity index (χ0) is 14.7. The summed E-state index contributed by atoms with van der Waals surface area (Å²) in [5.41, 5.74) is 0.766. The second kappa shape index (κ2) is 5.92. The molecular formula is C14H14N2O3S. The van der Waals surface area contributed by atoms with E-state index >= 15 is 0 Å². The number of hydrogen-bond acceptors (Lipinski definition) is 6. The van der Waals surface area contributed by atoms with Gasteiger partial charge in [-0.05, 0) is 43.0 Å². The molecule has 0 aliphatic carbocycles. The number of carbonyl (C=O) groups excluding carboxylic acids is 2. The molecule has 2 rings (SSSR count). The molecule has 0 amide bonds. The number of ketones is 2. The lowest BCUT2D eigenvalue weighted by atomic mass is 10.3. The third-order valence-corrected chi connectivity index (χ3v) is 3.61. The molecule has 0 fully saturated rings. The van der Waals surface area contributed by atoms with Gasteiger partial charge >= 0.3 is 0 Å². The molecule has 1 aromatic rings. The van der Waals surface area contributed by atoms with Gasteiger partial charge in [0.25, 0.3) is 0 Å². The molecule has 1 aliphatic heterocycles. The van der Waals surface area contributed by atoms with E-state index in [4.69, 9.17) is 4.74 Å². The maximum atomic E-state index is 11.4. The van der Waals surface area contributed by atoms with Gasteiger partial charge in [-0.1, -0.05) is 0 Å². The summed E-state index contributed by atoms with van der Waals surface area (Å²) in [6.45, 7) is 2.92. The number of carbonyl (C=O) groups is 2. The lowest BCUT2D eigenvalue weighted by molar-refractivity contribution is -0.113. The SMILES string of the molecule is COc1ccc(N2N=C(C(C)=O)S/C2=C\C(C)=O)cc1. The van der Waals surface area contributed by atoms with Crippen molar-refractivity contribution < 1.29 is 14.3 Å². The number of hydrazone groups is 1. The highest BCUT2D eigenvalue weighted by Gasteiger charge is 2.25. The number of methoxy groups -OCH3 is 1. The molecule has 6 heteroatoms. The van der Waals surface area contributed by atoms with E-state index in [0.717, 1.165) is 11.4 Å². The fourth-order valence-corrected chi connectivity index (χ4v) is 2.54. The fraction of sp³-hybridized carbons (Fsp3) is 0.214. The standard InChI is InChI=1S/C14H14N2O3S/c1-9(17)8-13-16(15-14(20-13)10(2)18)11-4-6-12(19-3)7-5-11/h4-8H,1-3H3/b13-8-. The summed E-state index contributed by atoms with van der Waals surface area (Å²) in [4.78, 5) is 22.7. The molecule has 0 aromatic heterocycles. The van der Waals surface area contributed by atoms with Gasteiger partial charge in [0.05, 0.1) is 12.8 Å². The van der Waals surface area contributed by atoms with Crippen LogP contribution in [0.1, 0.15) is 13.8 Å². The molecule has 20 heavy (non-hydrogen) atoms. The van der Waals surface area contributed by atoms with Crippen molar-refractivity contribution in [3.05, 3.63) is 35.4 Å². The summed E-state index contributed by atoms with van der Waals surface area (Å²) in [5, 5.41) is 6.82. The van der Waals surface area contributed by atoms with Crippen LogP contribution in [0.2, 0.25) is 0 Å². The predicted molar refractivity (Wildman–Crippen MR) is 79.9 cm³/mol. The second-order valence-corrected chi connectivity index (χ2v) is 5.18. The van der Waals surface area contributed by atoms with Gasteiger partial charge in [0.1, 0.15) is 10.8 Å². The Labute approximate surface area is 121 Å². The van der Waals surface area contributed by atoms with Crippen molar-refractivity contribution in [3.63, 3.8) is 0 Å². The Morgan fingerprint density at radius 1 is 1.25 bits per heavy atom. The number of nitrogens with zero attached hydrogens (tertiary/aromatic N) is 2. The molecule has 0 N–H and O–H groups in total. The minimum Gasteiger partial charge on any atom is -0.497 e. The second-order valence-electron chi connectivity index (χ2n) is 4.17. The molecule has 104 valence electrons. The van der Waals surface area contributed by atoms with E-state index in [2.05, 4.69) is 5.10 Å². The van der Waals surface area contributed by atoms with E-state index in [9.17, 15) is 9.59 Å². The van der Waals surface area contributed by atoms with Gasteiger partial charge in [0, 0.05) is 13.0 Å². The first kappa shape index (κ1) is 14.3. The van der Waals surface area contributed by atoms with Gasteiger partial charge in [-0.15, -0.1) is 0 Å². The van der Waals surface area contributed by atoms with Gasteiger partial charge in [-0.25, -0.2) is 5.01 Å². The Kier molecular flexibility index (Phi) is 4.24. The van der Waals surface area contributed by atoms with Crippen LogP contribution in [0.3, 0.4) is 0 Å². The Balaban J connectivity index is 2.38. The lowest BCUT2D eigenvalue weighted by Crippen LogP contribution is -2.10. The first-order valence-corrected chi connectivity index (χ1v) is 6.76. The smallest absolute Gasteiger partial charge is 0.186 e. The molecular weight excluding hydrogens is 276 g/mol. The molecule has 0 spiro atoms. The van der Waals surface area contributed by atoms with Crippen LogP contribution in [0.5, 0.6) is 5.75 Å². The van der Waals surface area contributed by atoms with E-state index in [1.807, 2.05) is 12.1 Å². The molecule has 1 aromatic carbocycles. The van der Waals surface area contributed by atoms with Crippen molar-refractivity contribution >= 4 is 34.1 Å². The van der Waals surface area contributed by atoms with Crippen LogP contribution < -0.4 is 9.75 Å². The number of ether oxygens (including phenoxy) is 1. The molecule has 1 aliphatic rings. The number of allylic oxidation sites excluding steroid dienone is 1. The largest absolute Gasteiger partial charge is 0.497 e. The summed E-state index contributed by atoms with van der Waals surface area (Å²) in [7, 11) is 1.59. The zero-order valence-corrected chi connectivity index (χ0v) is 12.2. The molecule has 0 atom stereocenters. The molecule has 0 radical (unpaired) electrons. The Morgan fingerprint density at radius 3 is 2.40 bits per heavy atom. The number of thioether (sulfide) groups is 1. The summed E-state index contributed by atoms with van der Waals surface area (Å²) in [5.74, 6) is 0.514. The number of rotatable bonds is 4. The molecule has 0 unspecified atom stereocenters. The van der Waals surface area contributed by atoms with Crippen LogP contribution in [0, 0.1) is 0 Å². The lowest BCUT2D eigenvalue weighted by Gasteiger charge is -2.15. The highest BCUT2D eigenvalue weighted by Crippen LogP contribution is 2.35. The normalized spacial score (nSPS) is 16.2. The van der Waals surface area contributed by atoms with Crippen molar-refractivity contribution in [3.8, 4) is 5.75 Å². The molecule has 0 saturated carbocycles. The third-order valence-electron chi connectivity index (χ3n) is 2.55. The van der Waals surface area contributed by atoms with Gasteiger partial charge in [-0.2, -0.15) is 5.10 Å². The monoisotopic (exact) mass is 290 g/mol. The predicted octanol–water partition coefficient (Wildman–Crippen LogP) is 2.58. The Morgan fingerprint density at radius 2 is 1.90 bits per heavy atom. The minimum atomic E-state index is -0.125. The minimum absolute atomic E-state index is 0.0917. The average molecular weight is 290 g/mol. The highest BCUT2D eigenvalue weighted by molar-refractivity contribution is 8.19. The number of hydrogen-bond donors (Lipinski definition) is 0. The quantitative estimate of drug-likeness (QED) is 0.798. The van der Waals surface area contributed by atoms with Crippen molar-refractivity contribution in [1.29, 1.82) is 0 Å². The third kappa shape index (κ3) is 3.08. The van der Waals surface area contributed by atoms with E-state index in [-0.39, 0.29) is 11.6 Å². The van der Waals surface area contributed by atoms with Crippen LogP contribution in [-0.2, 0) is 9.59 Å². The maximum absolute atomic E-state index is 11.4. The van der Waals surface area contributed by atoms with Crippen molar-refractivity contribution in [2.75, 3.05) is 12.1 Å². The van der Waals surface area contributed by atoms with Crippen LogP contribution in [-0.4, -0.2) is 23.7 Å². The maximum Gasteiger partial charge on any atom is 0.186 e. The Hall–Kier alpha value is -2.08. The van der Waals surface area contributed by atoms with Crippen LogP contribution in [0.4, 0.5) is 5.69 Å². The molecule has 1 heterocycles. The van der Waals surface area contributed by atoms with Crippen molar-refractivity contribution in [2.45, 2.75) is 13.8 Å². The van der Waals surface area contributed by atoms with E-state index in [1.165, 1.54) is 31.7 Å². The molecule has 0 saturated heterocycles. The summed E-state index contributed by atoms with van der Waals surface area (Å²) >= 11 is 1.20. The van der Waals surface area contributed by atoms with Gasteiger partial charge in [0.15, 0.2) is 16.6 Å². The number of Topliss-reactive ketones (excluding diaryl/α,β-unsaturated/α-hetero) is 1. The topological polar surface area (TPSA) is 59.0 Å². The van der Waals surface area contributed by atoms with Gasteiger partial charge in [0.2, 0.25) is 0 Å². The van der Waals surface area contributed by atoms with Gasteiger partial charge < -0.3 is 4.74 Å². The van der Waals surface area contributed by atoms with E-state index in [0.29, 0.717) is 10.1 Å². The van der Waals surface area contributed by atoms with Crippen molar-refractivity contribution in [1.82, 2.24) is 0 Å². The van der Waals surface area contributed by atoms with E-state index in [1.54, 1.807) is 24.3 Å². The fourth-order valence-electron chi connectivity index (χ4n) is 1.62. The number of benzene rings is 1. The number of anilines is 1. The van der Waals surface area contributed by atoms with Crippen LogP contribution in [0.15, 0.2) is 40.5 Å². The molecule has 5 nitrogen and oxygen atoms in total. The van der Waals surface area contributed by atoms with Gasteiger partial charge in [-0.3, -0.25) is 9.59 Å². The summed E-state index contributed by atoms with van der Waals surface area (Å²) in [6.07, 6.45) is 1.47. The summed E-state index contributed by atoms with van der Waals surface area (Å²) < 4.78 is 5.10. The first-order valence-electron chi connectivity index (χ1n) is 5.95. The van der Waals surface area contributed by atoms with E-state index < -0.39 is 0 Å². The average Bonchev–Trinajstić information content (AvgIpc) is 2.82. The highest BCUT2D eigenvalue weighted by atomic mass is 32.2. The first-order chi connectivity index (χ1) is 9.51. The van der Waals surface area contributed by atoms with Crippen LogP contribution in [0.25, 0.3) is 0 Å². The Bertz CT molecular complexity index is 605. The zero-order valence-electron chi connectivity index (χ0n) is 11.4.